The van der Waals surface area contributed by atoms with Crippen LogP contribution in [0.2, 0.25) is 0 Å². The third-order valence-corrected chi connectivity index (χ3v) is 2.51. The Morgan fingerprint density at radius 3 is 2.72 bits per heavy atom. The second kappa shape index (κ2) is 6.95. The zero-order chi connectivity index (χ0) is 13.6. The van der Waals surface area contributed by atoms with E-state index in [1.165, 1.54) is 0 Å². The summed E-state index contributed by atoms with van der Waals surface area (Å²) >= 11 is 0. The van der Waals surface area contributed by atoms with Crippen LogP contribution < -0.4 is 5.32 Å². The molecule has 0 aromatic carbocycles. The van der Waals surface area contributed by atoms with Crippen molar-refractivity contribution in [2.45, 2.75) is 65.0 Å². The molecule has 18 heavy (non-hydrogen) atoms. The monoisotopic (exact) mass is 259 g/mol. The number of carbonyl (C=O) groups excluding carboxylic acids is 1. The Morgan fingerprint density at radius 1 is 1.39 bits per heavy atom. The van der Waals surface area contributed by atoms with E-state index in [0.717, 1.165) is 19.3 Å². The summed E-state index contributed by atoms with van der Waals surface area (Å²) in [6.07, 6.45) is 2.87. The minimum absolute atomic E-state index is 0.130. The van der Waals surface area contributed by atoms with E-state index < -0.39 is 11.7 Å². The fraction of sp³-hybridized carbons (Fsp3) is 0.923. The van der Waals surface area contributed by atoms with Gasteiger partial charge in [0.15, 0.2) is 6.29 Å². The maximum atomic E-state index is 11.3. The molecule has 1 N–H and O–H groups in total. The topological polar surface area (TPSA) is 56.8 Å². The summed E-state index contributed by atoms with van der Waals surface area (Å²) in [6, 6.07) is 0. The SMILES string of the molecule is CC1CCCC(OCCNC(=O)OC(C)(C)C)O1. The van der Waals surface area contributed by atoms with Gasteiger partial charge in [-0.05, 0) is 47.0 Å². The Kier molecular flexibility index (Phi) is 5.88. The van der Waals surface area contributed by atoms with Gasteiger partial charge in [-0.15, -0.1) is 0 Å². The zero-order valence-electron chi connectivity index (χ0n) is 11.8. The lowest BCUT2D eigenvalue weighted by atomic mass is 10.1. The van der Waals surface area contributed by atoms with Crippen LogP contribution in [0, 0.1) is 0 Å². The number of nitrogens with one attached hydrogen (secondary N) is 1. The fourth-order valence-corrected chi connectivity index (χ4v) is 1.75. The molecule has 5 nitrogen and oxygen atoms in total. The highest BCUT2D eigenvalue weighted by atomic mass is 16.7. The second-order valence-electron chi connectivity index (χ2n) is 5.61. The molecule has 1 fully saturated rings. The number of ether oxygens (including phenoxy) is 3. The van der Waals surface area contributed by atoms with Gasteiger partial charge in [0.25, 0.3) is 0 Å². The first-order chi connectivity index (χ1) is 8.37. The van der Waals surface area contributed by atoms with Gasteiger partial charge in [-0.2, -0.15) is 0 Å². The molecule has 0 radical (unpaired) electrons. The molecule has 1 aliphatic rings. The van der Waals surface area contributed by atoms with Crippen LogP contribution in [0.5, 0.6) is 0 Å². The molecule has 0 saturated carbocycles. The molecule has 0 aromatic rings. The predicted octanol–water partition coefficient (Wildman–Crippen LogP) is 2.44. The van der Waals surface area contributed by atoms with Crippen molar-refractivity contribution in [1.29, 1.82) is 0 Å². The van der Waals surface area contributed by atoms with E-state index in [9.17, 15) is 4.79 Å². The standard InChI is InChI=1S/C13H25NO4/c1-10-6-5-7-11(17-10)16-9-8-14-12(15)18-13(2,3)4/h10-11H,5-9H2,1-4H3,(H,14,15). The first-order valence-corrected chi connectivity index (χ1v) is 6.61. The van der Waals surface area contributed by atoms with Gasteiger partial charge < -0.3 is 19.5 Å². The molecule has 1 rings (SSSR count). The molecule has 0 aliphatic carbocycles. The molecule has 1 aliphatic heterocycles. The summed E-state index contributed by atoms with van der Waals surface area (Å²) in [5.74, 6) is 0. The van der Waals surface area contributed by atoms with E-state index >= 15 is 0 Å². The zero-order valence-corrected chi connectivity index (χ0v) is 11.8. The summed E-state index contributed by atoms with van der Waals surface area (Å²) in [7, 11) is 0. The van der Waals surface area contributed by atoms with Crippen molar-refractivity contribution in [1.82, 2.24) is 5.32 Å². The molecule has 106 valence electrons. The maximum Gasteiger partial charge on any atom is 0.407 e. The Morgan fingerprint density at radius 2 is 2.11 bits per heavy atom. The molecule has 1 amide bonds. The lowest BCUT2D eigenvalue weighted by Crippen LogP contribution is -2.35. The van der Waals surface area contributed by atoms with E-state index in [1.54, 1.807) is 0 Å². The molecular weight excluding hydrogens is 234 g/mol. The van der Waals surface area contributed by atoms with Crippen LogP contribution >= 0.6 is 0 Å². The van der Waals surface area contributed by atoms with Crippen molar-refractivity contribution in [2.24, 2.45) is 0 Å². The first-order valence-electron chi connectivity index (χ1n) is 6.61. The van der Waals surface area contributed by atoms with Crippen molar-refractivity contribution in [3.63, 3.8) is 0 Å². The van der Waals surface area contributed by atoms with Gasteiger partial charge >= 0.3 is 6.09 Å². The largest absolute Gasteiger partial charge is 0.444 e. The minimum Gasteiger partial charge on any atom is -0.444 e. The smallest absolute Gasteiger partial charge is 0.407 e. The summed E-state index contributed by atoms with van der Waals surface area (Å²) in [6.45, 7) is 8.43. The fourth-order valence-electron chi connectivity index (χ4n) is 1.75. The third kappa shape index (κ3) is 6.81. The van der Waals surface area contributed by atoms with Crippen LogP contribution in [-0.2, 0) is 14.2 Å². The molecule has 0 spiro atoms. The van der Waals surface area contributed by atoms with Crippen molar-refractivity contribution in [3.8, 4) is 0 Å². The van der Waals surface area contributed by atoms with E-state index in [1.807, 2.05) is 20.8 Å². The predicted molar refractivity (Wildman–Crippen MR) is 68.4 cm³/mol. The lowest BCUT2D eigenvalue weighted by Gasteiger charge is -2.27. The van der Waals surface area contributed by atoms with E-state index in [-0.39, 0.29) is 12.4 Å². The Balaban J connectivity index is 2.06. The molecular formula is C13H25NO4. The number of hydrogen-bond acceptors (Lipinski definition) is 4. The molecule has 1 saturated heterocycles. The highest BCUT2D eigenvalue weighted by Crippen LogP contribution is 2.18. The average Bonchev–Trinajstić information content (AvgIpc) is 2.22. The summed E-state index contributed by atoms with van der Waals surface area (Å²) in [4.78, 5) is 11.3. The average molecular weight is 259 g/mol. The van der Waals surface area contributed by atoms with E-state index in [4.69, 9.17) is 14.2 Å². The van der Waals surface area contributed by atoms with Gasteiger partial charge in [-0.3, -0.25) is 0 Å². The molecule has 5 heteroatoms. The molecule has 2 unspecified atom stereocenters. The van der Waals surface area contributed by atoms with Crippen LogP contribution in [0.3, 0.4) is 0 Å². The quantitative estimate of drug-likeness (QED) is 0.788. The minimum atomic E-state index is -0.465. The molecule has 1 heterocycles. The second-order valence-corrected chi connectivity index (χ2v) is 5.61. The van der Waals surface area contributed by atoms with Crippen LogP contribution in [0.15, 0.2) is 0 Å². The summed E-state index contributed by atoms with van der Waals surface area (Å²) in [5.41, 5.74) is -0.465. The highest BCUT2D eigenvalue weighted by Gasteiger charge is 2.19. The first kappa shape index (κ1) is 15.2. The Hall–Kier alpha value is -0.810. The third-order valence-electron chi connectivity index (χ3n) is 2.51. The van der Waals surface area contributed by atoms with Crippen molar-refractivity contribution >= 4 is 6.09 Å². The van der Waals surface area contributed by atoms with Gasteiger partial charge in [0.2, 0.25) is 0 Å². The van der Waals surface area contributed by atoms with Crippen LogP contribution in [0.25, 0.3) is 0 Å². The number of rotatable bonds is 4. The molecule has 2 atom stereocenters. The van der Waals surface area contributed by atoms with Crippen LogP contribution in [0.4, 0.5) is 4.79 Å². The van der Waals surface area contributed by atoms with Crippen LogP contribution in [-0.4, -0.2) is 37.2 Å². The highest BCUT2D eigenvalue weighted by molar-refractivity contribution is 5.67. The van der Waals surface area contributed by atoms with Crippen molar-refractivity contribution in [3.05, 3.63) is 0 Å². The van der Waals surface area contributed by atoms with Crippen molar-refractivity contribution < 1.29 is 19.0 Å². The Bertz CT molecular complexity index is 262. The van der Waals surface area contributed by atoms with Gasteiger partial charge in [-0.1, -0.05) is 0 Å². The van der Waals surface area contributed by atoms with E-state index in [0.29, 0.717) is 13.2 Å². The molecule has 0 aromatic heterocycles. The van der Waals surface area contributed by atoms with Gasteiger partial charge in [0.05, 0.1) is 12.7 Å². The van der Waals surface area contributed by atoms with Crippen LogP contribution in [0.1, 0.15) is 47.0 Å². The lowest BCUT2D eigenvalue weighted by molar-refractivity contribution is -0.188. The number of alkyl carbamates (subject to hydrolysis) is 1. The maximum absolute atomic E-state index is 11.3. The summed E-state index contributed by atoms with van der Waals surface area (Å²) < 4.78 is 16.3. The number of amides is 1. The van der Waals surface area contributed by atoms with Crippen molar-refractivity contribution in [2.75, 3.05) is 13.2 Å². The van der Waals surface area contributed by atoms with Gasteiger partial charge in [0, 0.05) is 6.54 Å². The number of carbonyl (C=O) groups is 1. The van der Waals surface area contributed by atoms with Gasteiger partial charge in [-0.25, -0.2) is 4.79 Å². The van der Waals surface area contributed by atoms with E-state index in [2.05, 4.69) is 12.2 Å². The molecule has 0 bridgehead atoms. The normalized spacial score (nSPS) is 24.7. The number of hydrogen-bond donors (Lipinski definition) is 1. The van der Waals surface area contributed by atoms with Gasteiger partial charge in [0.1, 0.15) is 5.60 Å². The summed E-state index contributed by atoms with van der Waals surface area (Å²) in [5, 5.41) is 2.65. The Labute approximate surface area is 109 Å².